The Balaban J connectivity index is 1.84. The lowest BCUT2D eigenvalue weighted by molar-refractivity contribution is 0.704. The zero-order valence-corrected chi connectivity index (χ0v) is 16.2. The van der Waals surface area contributed by atoms with E-state index in [1.54, 1.807) is 18.5 Å². The first-order valence-corrected chi connectivity index (χ1v) is 9.36. The van der Waals surface area contributed by atoms with Crippen molar-refractivity contribution < 1.29 is 0 Å². The van der Waals surface area contributed by atoms with Crippen molar-refractivity contribution >= 4 is 40.1 Å². The van der Waals surface area contributed by atoms with Gasteiger partial charge in [0.1, 0.15) is 11.6 Å². The predicted octanol–water partition coefficient (Wildman–Crippen LogP) is 5.46. The molecule has 5 nitrogen and oxygen atoms in total. The van der Waals surface area contributed by atoms with Crippen molar-refractivity contribution in [1.82, 2.24) is 19.5 Å². The fourth-order valence-electron chi connectivity index (χ4n) is 3.12. The van der Waals surface area contributed by atoms with Crippen LogP contribution in [0.4, 0.5) is 5.82 Å². The molecule has 3 aromatic heterocycles. The predicted molar refractivity (Wildman–Crippen MR) is 111 cm³/mol. The Morgan fingerprint density at radius 3 is 2.52 bits per heavy atom. The number of nitrogens with two attached hydrogens (primary N) is 1. The van der Waals surface area contributed by atoms with E-state index in [1.807, 2.05) is 30.3 Å². The van der Waals surface area contributed by atoms with Crippen molar-refractivity contribution in [2.24, 2.45) is 0 Å². The molecule has 0 saturated heterocycles. The molecule has 27 heavy (non-hydrogen) atoms. The van der Waals surface area contributed by atoms with Crippen LogP contribution in [-0.2, 0) is 6.54 Å². The number of imidazole rings is 1. The van der Waals surface area contributed by atoms with Gasteiger partial charge < -0.3 is 10.3 Å². The van der Waals surface area contributed by atoms with Crippen molar-refractivity contribution in [2.75, 3.05) is 5.73 Å². The molecule has 0 fully saturated rings. The molecular weight excluding hydrogens is 381 g/mol. The second-order valence-electron chi connectivity index (χ2n) is 6.22. The van der Waals surface area contributed by atoms with Crippen molar-refractivity contribution in [3.05, 3.63) is 58.8 Å². The van der Waals surface area contributed by atoms with Crippen LogP contribution in [0.1, 0.15) is 13.3 Å². The van der Waals surface area contributed by atoms with Crippen LogP contribution in [-0.4, -0.2) is 19.5 Å². The molecule has 0 amide bonds. The average molecular weight is 398 g/mol. The third kappa shape index (κ3) is 3.24. The fourth-order valence-corrected chi connectivity index (χ4v) is 3.67. The third-order valence-corrected chi connectivity index (χ3v) is 4.92. The largest absolute Gasteiger partial charge is 0.384 e. The summed E-state index contributed by atoms with van der Waals surface area (Å²) in [5, 5.41) is 1.21. The van der Waals surface area contributed by atoms with E-state index in [0.29, 0.717) is 21.6 Å². The molecule has 0 aliphatic heterocycles. The van der Waals surface area contributed by atoms with Crippen molar-refractivity contribution in [1.29, 1.82) is 0 Å². The minimum atomic E-state index is 0.455. The molecule has 4 rings (SSSR count). The number of para-hydroxylation sites is 1. The number of rotatable bonds is 4. The first kappa shape index (κ1) is 17.8. The lowest BCUT2D eigenvalue weighted by Crippen LogP contribution is -2.01. The molecule has 136 valence electrons. The number of aryl methyl sites for hydroxylation is 1. The Bertz CT molecular complexity index is 1120. The topological polar surface area (TPSA) is 69.6 Å². The maximum absolute atomic E-state index is 6.53. The van der Waals surface area contributed by atoms with Gasteiger partial charge in [0.05, 0.1) is 26.8 Å². The van der Waals surface area contributed by atoms with E-state index < -0.39 is 0 Å². The van der Waals surface area contributed by atoms with Gasteiger partial charge in [-0.3, -0.25) is 4.98 Å². The summed E-state index contributed by atoms with van der Waals surface area (Å²) < 4.78 is 2.12. The Morgan fingerprint density at radius 1 is 1.00 bits per heavy atom. The summed E-state index contributed by atoms with van der Waals surface area (Å²) in [6.45, 7) is 2.92. The third-order valence-electron chi connectivity index (χ3n) is 4.32. The van der Waals surface area contributed by atoms with Gasteiger partial charge in [-0.25, -0.2) is 9.97 Å². The van der Waals surface area contributed by atoms with E-state index in [1.165, 1.54) is 0 Å². The Morgan fingerprint density at radius 2 is 1.81 bits per heavy atom. The summed E-state index contributed by atoms with van der Waals surface area (Å²) in [6.07, 6.45) is 4.40. The second-order valence-corrected chi connectivity index (χ2v) is 7.04. The van der Waals surface area contributed by atoms with E-state index in [2.05, 4.69) is 21.5 Å². The number of benzene rings is 1. The lowest BCUT2D eigenvalue weighted by atomic mass is 10.1. The highest BCUT2D eigenvalue weighted by molar-refractivity contribution is 6.35. The number of hydrogen-bond acceptors (Lipinski definition) is 4. The maximum atomic E-state index is 6.53. The summed E-state index contributed by atoms with van der Waals surface area (Å²) >= 11 is 13.0. The van der Waals surface area contributed by atoms with Crippen LogP contribution in [0.15, 0.2) is 48.8 Å². The molecule has 0 atom stereocenters. The quantitative estimate of drug-likeness (QED) is 0.496. The van der Waals surface area contributed by atoms with Crippen LogP contribution in [0.25, 0.3) is 33.7 Å². The van der Waals surface area contributed by atoms with Crippen LogP contribution in [0.2, 0.25) is 10.0 Å². The molecule has 4 aromatic rings. The normalized spacial score (nSPS) is 11.2. The van der Waals surface area contributed by atoms with E-state index in [9.17, 15) is 0 Å². The number of hydrogen-bond donors (Lipinski definition) is 1. The summed E-state index contributed by atoms with van der Waals surface area (Å²) in [4.78, 5) is 13.4. The number of fused-ring (bicyclic) bond motifs is 1. The number of halogens is 2. The van der Waals surface area contributed by atoms with Gasteiger partial charge in [-0.1, -0.05) is 36.2 Å². The highest BCUT2D eigenvalue weighted by Crippen LogP contribution is 2.33. The zero-order chi connectivity index (χ0) is 19.0. The molecule has 1 aromatic carbocycles. The van der Waals surface area contributed by atoms with Gasteiger partial charge in [0.15, 0.2) is 0 Å². The van der Waals surface area contributed by atoms with E-state index in [0.717, 1.165) is 41.0 Å². The smallest absolute Gasteiger partial charge is 0.142 e. The summed E-state index contributed by atoms with van der Waals surface area (Å²) in [5.74, 6) is 1.26. The number of nitrogens with zero attached hydrogens (tertiary/aromatic N) is 4. The van der Waals surface area contributed by atoms with E-state index in [-0.39, 0.29) is 0 Å². The SMILES string of the molecule is CCCn1c(-c2cnc(-c3ccc(N)nc3)c(Cl)c2)nc2cccc(Cl)c21. The van der Waals surface area contributed by atoms with E-state index in [4.69, 9.17) is 33.9 Å². The van der Waals surface area contributed by atoms with Gasteiger partial charge in [-0.2, -0.15) is 0 Å². The molecule has 0 unspecified atom stereocenters. The molecule has 0 spiro atoms. The molecule has 0 aliphatic rings. The molecule has 0 bridgehead atoms. The van der Waals surface area contributed by atoms with Crippen LogP contribution in [0, 0.1) is 0 Å². The van der Waals surface area contributed by atoms with Gasteiger partial charge >= 0.3 is 0 Å². The van der Waals surface area contributed by atoms with Gasteiger partial charge in [0.25, 0.3) is 0 Å². The Hall–Kier alpha value is -2.63. The van der Waals surface area contributed by atoms with Crippen LogP contribution >= 0.6 is 23.2 Å². The first-order valence-electron chi connectivity index (χ1n) is 8.61. The standard InChI is InChI=1S/C20H17Cl2N5/c1-2-8-27-19-14(21)4-3-5-16(19)26-20(27)13-9-15(22)18(25-11-13)12-6-7-17(23)24-10-12/h3-7,9-11H,2,8H2,1H3,(H2,23,24). The zero-order valence-electron chi connectivity index (χ0n) is 14.7. The second kappa shape index (κ2) is 7.18. The molecule has 0 radical (unpaired) electrons. The minimum absolute atomic E-state index is 0.455. The van der Waals surface area contributed by atoms with Crippen molar-refractivity contribution in [2.45, 2.75) is 19.9 Å². The van der Waals surface area contributed by atoms with Gasteiger partial charge in [0.2, 0.25) is 0 Å². The van der Waals surface area contributed by atoms with Crippen LogP contribution < -0.4 is 5.73 Å². The van der Waals surface area contributed by atoms with Crippen molar-refractivity contribution in [3.63, 3.8) is 0 Å². The molecular formula is C20H17Cl2N5. The molecule has 0 aliphatic carbocycles. The molecule has 0 saturated carbocycles. The Kier molecular flexibility index (Phi) is 4.72. The minimum Gasteiger partial charge on any atom is -0.384 e. The van der Waals surface area contributed by atoms with Crippen LogP contribution in [0.3, 0.4) is 0 Å². The van der Waals surface area contributed by atoms with Crippen LogP contribution in [0.5, 0.6) is 0 Å². The summed E-state index contributed by atoms with van der Waals surface area (Å²) in [5.41, 5.74) is 9.74. The molecule has 7 heteroatoms. The fraction of sp³-hybridized carbons (Fsp3) is 0.150. The number of aromatic nitrogens is 4. The maximum Gasteiger partial charge on any atom is 0.142 e. The molecule has 2 N–H and O–H groups in total. The highest BCUT2D eigenvalue weighted by atomic mass is 35.5. The number of anilines is 1. The number of pyridine rings is 2. The Labute approximate surface area is 166 Å². The van der Waals surface area contributed by atoms with Gasteiger partial charge in [0, 0.05) is 30.1 Å². The lowest BCUT2D eigenvalue weighted by Gasteiger charge is -2.10. The van der Waals surface area contributed by atoms with E-state index >= 15 is 0 Å². The first-order chi connectivity index (χ1) is 13.1. The molecule has 3 heterocycles. The monoisotopic (exact) mass is 397 g/mol. The number of nitrogen functional groups attached to an aromatic ring is 1. The van der Waals surface area contributed by atoms with Gasteiger partial charge in [-0.15, -0.1) is 0 Å². The highest BCUT2D eigenvalue weighted by Gasteiger charge is 2.16. The van der Waals surface area contributed by atoms with Gasteiger partial charge in [-0.05, 0) is 36.8 Å². The summed E-state index contributed by atoms with van der Waals surface area (Å²) in [6, 6.07) is 11.2. The average Bonchev–Trinajstić information content (AvgIpc) is 3.03. The summed E-state index contributed by atoms with van der Waals surface area (Å²) in [7, 11) is 0. The van der Waals surface area contributed by atoms with Crippen molar-refractivity contribution in [3.8, 4) is 22.6 Å².